The number of aromatic nitrogens is 1. The zero-order chi connectivity index (χ0) is 13.1. The molecule has 0 bridgehead atoms. The molecule has 1 aromatic heterocycles. The molecule has 7 heteroatoms. The summed E-state index contributed by atoms with van der Waals surface area (Å²) in [6.45, 7) is 0.295. The van der Waals surface area contributed by atoms with Crippen molar-refractivity contribution in [2.24, 2.45) is 0 Å². The Kier molecular flexibility index (Phi) is 3.89. The minimum absolute atomic E-state index is 0.00470. The summed E-state index contributed by atoms with van der Waals surface area (Å²) >= 11 is 0. The van der Waals surface area contributed by atoms with Crippen molar-refractivity contribution >= 4 is 0 Å². The van der Waals surface area contributed by atoms with Crippen molar-refractivity contribution in [2.45, 2.75) is 26.4 Å². The summed E-state index contributed by atoms with van der Waals surface area (Å²) < 4.78 is 52.4. The van der Waals surface area contributed by atoms with E-state index in [1.54, 1.807) is 6.07 Å². The van der Waals surface area contributed by atoms with Crippen LogP contribution >= 0.6 is 0 Å². The zero-order valence-electron chi connectivity index (χ0n) is 8.81. The zero-order valence-corrected chi connectivity index (χ0v) is 8.81. The summed E-state index contributed by atoms with van der Waals surface area (Å²) in [4.78, 5) is 3.60. The molecule has 0 N–H and O–H groups in total. The molecular weight excluding hydrogens is 240 g/mol. The van der Waals surface area contributed by atoms with Crippen LogP contribution in [0.2, 0.25) is 0 Å². The molecule has 1 rings (SSSR count). The Morgan fingerprint density at radius 2 is 2.12 bits per heavy atom. The maximum absolute atomic E-state index is 12.7. The molecule has 0 radical (unpaired) electrons. The first-order valence-electron chi connectivity index (χ1n) is 4.55. The van der Waals surface area contributed by atoms with E-state index in [1.165, 1.54) is 6.92 Å². The van der Waals surface area contributed by atoms with Crippen LogP contribution in [0.1, 0.15) is 16.8 Å². The summed E-state index contributed by atoms with van der Waals surface area (Å²) in [6.07, 6.45) is -4.17. The number of halogens is 4. The predicted octanol–water partition coefficient (Wildman–Crippen LogP) is 2.82. The first-order valence-corrected chi connectivity index (χ1v) is 4.55. The van der Waals surface area contributed by atoms with Crippen LogP contribution in [0, 0.1) is 18.3 Å². The van der Waals surface area contributed by atoms with Crippen molar-refractivity contribution in [3.8, 4) is 11.8 Å². The molecule has 3 nitrogen and oxygen atoms in total. The molecule has 0 saturated heterocycles. The largest absolute Gasteiger partial charge is 0.573 e. The molecule has 0 atom stereocenters. The molecule has 0 spiro atoms. The number of ether oxygens (including phenoxy) is 1. The van der Waals surface area contributed by atoms with Gasteiger partial charge in [0, 0.05) is 11.1 Å². The topological polar surface area (TPSA) is 45.9 Å². The van der Waals surface area contributed by atoms with E-state index >= 15 is 0 Å². The molecular formula is C10H8F4N2O. The SMILES string of the molecule is Cc1c(OC(F)(F)F)cnc(CC#N)c1CF. The Bertz CT molecular complexity index is 451. The van der Waals surface area contributed by atoms with Crippen molar-refractivity contribution in [2.75, 3.05) is 0 Å². The lowest BCUT2D eigenvalue weighted by Crippen LogP contribution is -2.18. The standard InChI is InChI=1S/C10H8F4N2O/c1-6-7(4-11)8(2-3-15)16-5-9(6)17-10(12,13)14/h5H,2,4H2,1H3. The van der Waals surface area contributed by atoms with Gasteiger partial charge in [0.25, 0.3) is 0 Å². The summed E-state index contributed by atoms with van der Waals surface area (Å²) in [5.41, 5.74) is 0.0976. The maximum atomic E-state index is 12.7. The number of nitriles is 1. The number of pyridine rings is 1. The maximum Gasteiger partial charge on any atom is 0.573 e. The molecule has 0 fully saturated rings. The van der Waals surface area contributed by atoms with Crippen LogP contribution in [0.3, 0.4) is 0 Å². The van der Waals surface area contributed by atoms with Crippen molar-refractivity contribution in [3.05, 3.63) is 23.0 Å². The van der Waals surface area contributed by atoms with E-state index in [4.69, 9.17) is 5.26 Å². The second-order valence-corrected chi connectivity index (χ2v) is 3.19. The van der Waals surface area contributed by atoms with Crippen LogP contribution in [-0.2, 0) is 13.1 Å². The first kappa shape index (κ1) is 13.2. The van der Waals surface area contributed by atoms with Gasteiger partial charge in [-0.3, -0.25) is 4.98 Å². The highest BCUT2D eigenvalue weighted by Gasteiger charge is 2.32. The molecule has 0 saturated carbocycles. The summed E-state index contributed by atoms with van der Waals surface area (Å²) in [5, 5.41) is 8.46. The fourth-order valence-corrected chi connectivity index (χ4v) is 1.31. The van der Waals surface area contributed by atoms with Gasteiger partial charge >= 0.3 is 6.36 Å². The molecule has 92 valence electrons. The minimum atomic E-state index is -4.85. The van der Waals surface area contributed by atoms with Crippen molar-refractivity contribution in [1.29, 1.82) is 5.26 Å². The van der Waals surface area contributed by atoms with Crippen LogP contribution in [0.4, 0.5) is 17.6 Å². The summed E-state index contributed by atoms with van der Waals surface area (Å²) in [7, 11) is 0. The Hall–Kier alpha value is -1.84. The third kappa shape index (κ3) is 3.31. The van der Waals surface area contributed by atoms with Crippen LogP contribution in [-0.4, -0.2) is 11.3 Å². The van der Waals surface area contributed by atoms with Gasteiger partial charge in [0.2, 0.25) is 0 Å². The van der Waals surface area contributed by atoms with Gasteiger partial charge in [-0.1, -0.05) is 0 Å². The van der Waals surface area contributed by atoms with Crippen LogP contribution < -0.4 is 4.74 Å². The smallest absolute Gasteiger partial charge is 0.404 e. The number of alkyl halides is 4. The average Bonchev–Trinajstić information content (AvgIpc) is 2.21. The summed E-state index contributed by atoms with van der Waals surface area (Å²) in [6, 6.07) is 1.76. The number of rotatable bonds is 3. The first-order chi connectivity index (χ1) is 7.89. The van der Waals surface area contributed by atoms with Crippen LogP contribution in [0.5, 0.6) is 5.75 Å². The predicted molar refractivity (Wildman–Crippen MR) is 49.8 cm³/mol. The van der Waals surface area contributed by atoms with Gasteiger partial charge in [0.15, 0.2) is 5.75 Å². The number of hydrogen-bond acceptors (Lipinski definition) is 3. The summed E-state index contributed by atoms with van der Waals surface area (Å²) in [5.74, 6) is -0.549. The second kappa shape index (κ2) is 4.99. The molecule has 0 aliphatic heterocycles. The number of nitrogens with zero attached hydrogens (tertiary/aromatic N) is 2. The lowest BCUT2D eigenvalue weighted by atomic mass is 10.1. The lowest BCUT2D eigenvalue weighted by Gasteiger charge is -2.14. The van der Waals surface area contributed by atoms with Crippen molar-refractivity contribution in [1.82, 2.24) is 4.98 Å². The highest BCUT2D eigenvalue weighted by atomic mass is 19.4. The fourth-order valence-electron chi connectivity index (χ4n) is 1.31. The quantitative estimate of drug-likeness (QED) is 0.772. The van der Waals surface area contributed by atoms with Gasteiger partial charge in [-0.2, -0.15) is 5.26 Å². The van der Waals surface area contributed by atoms with Crippen molar-refractivity contribution < 1.29 is 22.3 Å². The molecule has 0 aliphatic rings. The van der Waals surface area contributed by atoms with Gasteiger partial charge in [-0.25, -0.2) is 4.39 Å². The molecule has 0 unspecified atom stereocenters. The molecule has 17 heavy (non-hydrogen) atoms. The fraction of sp³-hybridized carbons (Fsp3) is 0.400. The van der Waals surface area contributed by atoms with Crippen molar-refractivity contribution in [3.63, 3.8) is 0 Å². The van der Waals surface area contributed by atoms with Gasteiger partial charge in [-0.15, -0.1) is 13.2 Å². The van der Waals surface area contributed by atoms with Crippen LogP contribution in [0.25, 0.3) is 0 Å². The normalized spacial score (nSPS) is 11.1. The van der Waals surface area contributed by atoms with E-state index in [0.717, 1.165) is 6.20 Å². The van der Waals surface area contributed by atoms with Gasteiger partial charge in [-0.05, 0) is 6.92 Å². The number of hydrogen-bond donors (Lipinski definition) is 0. The molecule has 1 aromatic rings. The highest BCUT2D eigenvalue weighted by Crippen LogP contribution is 2.29. The Morgan fingerprint density at radius 1 is 1.47 bits per heavy atom. The third-order valence-electron chi connectivity index (χ3n) is 2.11. The minimum Gasteiger partial charge on any atom is -0.404 e. The third-order valence-corrected chi connectivity index (χ3v) is 2.11. The van der Waals surface area contributed by atoms with Gasteiger partial charge in [0.1, 0.15) is 6.67 Å². The van der Waals surface area contributed by atoms with Gasteiger partial charge < -0.3 is 4.74 Å². The molecule has 0 aromatic carbocycles. The Morgan fingerprint density at radius 3 is 2.59 bits per heavy atom. The molecule has 0 amide bonds. The van der Waals surface area contributed by atoms with E-state index < -0.39 is 18.8 Å². The van der Waals surface area contributed by atoms with E-state index in [1.807, 2.05) is 0 Å². The van der Waals surface area contributed by atoms with E-state index in [-0.39, 0.29) is 23.2 Å². The molecule has 1 heterocycles. The van der Waals surface area contributed by atoms with Gasteiger partial charge in [0.05, 0.1) is 24.4 Å². The van der Waals surface area contributed by atoms with E-state index in [0.29, 0.717) is 0 Å². The lowest BCUT2D eigenvalue weighted by molar-refractivity contribution is -0.275. The Labute approximate surface area is 94.6 Å². The van der Waals surface area contributed by atoms with E-state index in [9.17, 15) is 17.6 Å². The Balaban J connectivity index is 3.16. The molecule has 0 aliphatic carbocycles. The average molecular weight is 248 g/mol. The van der Waals surface area contributed by atoms with Crippen LogP contribution in [0.15, 0.2) is 6.20 Å². The highest BCUT2D eigenvalue weighted by molar-refractivity contribution is 5.40. The second-order valence-electron chi connectivity index (χ2n) is 3.19. The van der Waals surface area contributed by atoms with E-state index in [2.05, 4.69) is 9.72 Å². The monoisotopic (exact) mass is 248 g/mol.